The molecule has 0 fully saturated rings. The normalized spacial score (nSPS) is 15.6. The van der Waals surface area contributed by atoms with Crippen LogP contribution in [-0.4, -0.2) is 20.8 Å². The van der Waals surface area contributed by atoms with Crippen LogP contribution in [0.25, 0.3) is 87.7 Å². The molecule has 0 unspecified atom stereocenters. The van der Waals surface area contributed by atoms with E-state index in [1.165, 1.54) is 10.8 Å². The second-order valence-electron chi connectivity index (χ2n) is 16.4. The van der Waals surface area contributed by atoms with Crippen LogP contribution in [0.15, 0.2) is 215 Å². The number of hydrogen-bond acceptors (Lipinski definition) is 4. The van der Waals surface area contributed by atoms with Crippen LogP contribution in [0.5, 0.6) is 0 Å². The van der Waals surface area contributed by atoms with Gasteiger partial charge in [-0.25, -0.2) is 9.98 Å². The van der Waals surface area contributed by atoms with E-state index in [-0.39, 0.29) is 0 Å². The first kappa shape index (κ1) is 34.6. The highest BCUT2D eigenvalue weighted by Gasteiger charge is 2.34. The summed E-state index contributed by atoms with van der Waals surface area (Å²) in [5, 5.41) is 12.8. The number of amidine groups is 2. The van der Waals surface area contributed by atoms with E-state index >= 15 is 0 Å². The fraction of sp³-hybridized carbons (Fsp3) is 0.0357. The van der Waals surface area contributed by atoms with Gasteiger partial charge in [-0.05, 0) is 66.4 Å². The fourth-order valence-electron chi connectivity index (χ4n) is 9.91. The molecule has 0 saturated carbocycles. The van der Waals surface area contributed by atoms with Crippen molar-refractivity contribution in [2.24, 2.45) is 9.98 Å². The zero-order valence-electron chi connectivity index (χ0n) is 33.7. The molecule has 13 rings (SSSR count). The lowest BCUT2D eigenvalue weighted by molar-refractivity contribution is 0.455. The molecule has 0 bridgehead atoms. The van der Waals surface area contributed by atoms with Crippen LogP contribution in [0.1, 0.15) is 23.6 Å². The van der Waals surface area contributed by atoms with Gasteiger partial charge >= 0.3 is 0 Å². The maximum atomic E-state index is 6.96. The largest absolute Gasteiger partial charge is 0.455 e. The van der Waals surface area contributed by atoms with Crippen molar-refractivity contribution in [1.82, 2.24) is 14.5 Å². The van der Waals surface area contributed by atoms with E-state index in [0.29, 0.717) is 5.84 Å². The number of aromatic nitrogens is 2. The van der Waals surface area contributed by atoms with E-state index < -0.39 is 5.66 Å². The number of nitrogens with zero attached hydrogens (tertiary/aromatic N) is 4. The third-order valence-corrected chi connectivity index (χ3v) is 12.7. The predicted molar refractivity (Wildman–Crippen MR) is 256 cm³/mol. The SMILES string of the molecule is C[C@@]1(c2ccccc2)N=C(c2ccccc2)N=C(c2cc3c4ccccc4oc3c3c4ccc5ccccc5c4n(-c4ccc5c(c4)c4ccccc4n5-c4ccccc4)c23)N1. The topological polar surface area (TPSA) is 59.8 Å². The van der Waals surface area contributed by atoms with Crippen LogP contribution >= 0.6 is 0 Å². The fourth-order valence-corrected chi connectivity index (χ4v) is 9.91. The first-order valence-corrected chi connectivity index (χ1v) is 21.1. The summed E-state index contributed by atoms with van der Waals surface area (Å²) in [5.41, 5.74) is 10.4. The molecule has 6 nitrogen and oxygen atoms in total. The molecule has 292 valence electrons. The van der Waals surface area contributed by atoms with Crippen molar-refractivity contribution < 1.29 is 4.42 Å². The summed E-state index contributed by atoms with van der Waals surface area (Å²) in [5.74, 6) is 1.40. The Bertz CT molecular complexity index is 3840. The number of para-hydroxylation sites is 3. The highest BCUT2D eigenvalue weighted by atomic mass is 16.3. The van der Waals surface area contributed by atoms with Crippen molar-refractivity contribution >= 4 is 88.0 Å². The number of benzene rings is 9. The van der Waals surface area contributed by atoms with Crippen molar-refractivity contribution in [1.29, 1.82) is 0 Å². The van der Waals surface area contributed by atoms with Gasteiger partial charge in [0.25, 0.3) is 0 Å². The molecule has 9 aromatic carbocycles. The number of furan rings is 1. The van der Waals surface area contributed by atoms with Gasteiger partial charge < -0.3 is 18.9 Å². The Kier molecular flexibility index (Phi) is 7.34. The van der Waals surface area contributed by atoms with E-state index in [1.54, 1.807) is 0 Å². The molecule has 0 amide bonds. The summed E-state index contributed by atoms with van der Waals surface area (Å²) < 4.78 is 11.8. The highest BCUT2D eigenvalue weighted by molar-refractivity contribution is 6.32. The Balaban J connectivity index is 1.20. The monoisotopic (exact) mass is 795 g/mol. The maximum Gasteiger partial charge on any atom is 0.159 e. The number of nitrogens with one attached hydrogen (secondary N) is 1. The summed E-state index contributed by atoms with van der Waals surface area (Å²) in [6.07, 6.45) is 0. The van der Waals surface area contributed by atoms with Crippen LogP contribution in [0, 0.1) is 0 Å². The second kappa shape index (κ2) is 13.1. The zero-order chi connectivity index (χ0) is 40.9. The summed E-state index contributed by atoms with van der Waals surface area (Å²) in [6, 6.07) is 70.9. The standard InChI is InChI=1S/C56H37N5O/c1-56(37-20-7-3-8-21-37)58-54(36-18-5-2-6-19-36)57-55(59-56)46-34-45-42-26-14-16-28-49(42)62-53(45)50-43-31-29-35-17-11-12-24-40(35)51(43)61(52(46)50)39-30-32-48-44(33-39)41-25-13-15-27-47(41)60(48)38-22-9-4-10-23-38/h2-34H,1H3,(H,57,58,59)/t56-/m1/s1. The van der Waals surface area contributed by atoms with Crippen molar-refractivity contribution in [3.8, 4) is 11.4 Å². The molecule has 1 aliphatic rings. The Hall–Kier alpha value is -8.22. The molecule has 6 heteroatoms. The van der Waals surface area contributed by atoms with Crippen molar-refractivity contribution in [3.63, 3.8) is 0 Å². The van der Waals surface area contributed by atoms with Crippen molar-refractivity contribution in [3.05, 3.63) is 217 Å². The quantitative estimate of drug-likeness (QED) is 0.189. The molecule has 1 N–H and O–H groups in total. The van der Waals surface area contributed by atoms with Crippen LogP contribution in [0.2, 0.25) is 0 Å². The molecule has 1 atom stereocenters. The van der Waals surface area contributed by atoms with Gasteiger partial charge in [0, 0.05) is 54.8 Å². The Morgan fingerprint density at radius 2 is 1.18 bits per heavy atom. The minimum atomic E-state index is -0.828. The third kappa shape index (κ3) is 5.04. The van der Waals surface area contributed by atoms with Gasteiger partial charge in [-0.2, -0.15) is 0 Å². The van der Waals surface area contributed by atoms with E-state index in [9.17, 15) is 0 Å². The molecule has 0 radical (unpaired) electrons. The summed E-state index contributed by atoms with van der Waals surface area (Å²) in [6.45, 7) is 2.14. The summed E-state index contributed by atoms with van der Waals surface area (Å²) in [4.78, 5) is 10.8. The number of hydrogen-bond donors (Lipinski definition) is 1. The average Bonchev–Trinajstić information content (AvgIpc) is 4.00. The molecule has 0 spiro atoms. The lowest BCUT2D eigenvalue weighted by atomic mass is 9.97. The van der Waals surface area contributed by atoms with Crippen molar-refractivity contribution in [2.75, 3.05) is 0 Å². The average molecular weight is 796 g/mol. The van der Waals surface area contributed by atoms with E-state index in [0.717, 1.165) is 99.5 Å². The van der Waals surface area contributed by atoms with Crippen LogP contribution in [0.3, 0.4) is 0 Å². The molecule has 62 heavy (non-hydrogen) atoms. The lowest BCUT2D eigenvalue weighted by Gasteiger charge is -2.33. The van der Waals surface area contributed by atoms with Gasteiger partial charge in [-0.15, -0.1) is 0 Å². The third-order valence-electron chi connectivity index (χ3n) is 12.7. The van der Waals surface area contributed by atoms with Gasteiger partial charge in [0.05, 0.1) is 27.5 Å². The molecule has 4 heterocycles. The maximum absolute atomic E-state index is 6.96. The number of aliphatic imine (C=N–C) groups is 2. The van der Waals surface area contributed by atoms with Gasteiger partial charge in [-0.1, -0.05) is 152 Å². The van der Waals surface area contributed by atoms with Gasteiger partial charge in [0.15, 0.2) is 11.5 Å². The Morgan fingerprint density at radius 3 is 2.00 bits per heavy atom. The van der Waals surface area contributed by atoms with Gasteiger partial charge in [0.1, 0.15) is 17.0 Å². The smallest absolute Gasteiger partial charge is 0.159 e. The first-order valence-electron chi connectivity index (χ1n) is 21.1. The predicted octanol–water partition coefficient (Wildman–Crippen LogP) is 13.6. The summed E-state index contributed by atoms with van der Waals surface area (Å²) in [7, 11) is 0. The molecule has 0 aliphatic carbocycles. The zero-order valence-corrected chi connectivity index (χ0v) is 33.7. The molecule has 3 aromatic heterocycles. The second-order valence-corrected chi connectivity index (χ2v) is 16.4. The molecule has 1 aliphatic heterocycles. The van der Waals surface area contributed by atoms with E-state index in [1.807, 2.05) is 30.3 Å². The first-order chi connectivity index (χ1) is 30.6. The number of fused-ring (bicyclic) bond motifs is 12. The highest BCUT2D eigenvalue weighted by Crippen LogP contribution is 2.46. The molecule has 12 aromatic rings. The Morgan fingerprint density at radius 1 is 0.500 bits per heavy atom. The van der Waals surface area contributed by atoms with Crippen molar-refractivity contribution in [2.45, 2.75) is 12.6 Å². The van der Waals surface area contributed by atoms with Gasteiger partial charge in [0.2, 0.25) is 0 Å². The lowest BCUT2D eigenvalue weighted by Crippen LogP contribution is -2.46. The molecular weight excluding hydrogens is 759 g/mol. The van der Waals surface area contributed by atoms with E-state index in [4.69, 9.17) is 14.4 Å². The summed E-state index contributed by atoms with van der Waals surface area (Å²) >= 11 is 0. The van der Waals surface area contributed by atoms with Crippen LogP contribution in [0.4, 0.5) is 0 Å². The van der Waals surface area contributed by atoms with E-state index in [2.05, 4.69) is 191 Å². The van der Waals surface area contributed by atoms with Gasteiger partial charge in [-0.3, -0.25) is 0 Å². The molecular formula is C56H37N5O. The van der Waals surface area contributed by atoms with Crippen LogP contribution < -0.4 is 5.32 Å². The molecule has 0 saturated heterocycles. The van der Waals surface area contributed by atoms with Crippen LogP contribution in [-0.2, 0) is 5.66 Å². The Labute approximate surface area is 356 Å². The minimum absolute atomic E-state index is 0.666. The minimum Gasteiger partial charge on any atom is -0.455 e. The number of rotatable bonds is 5.